The smallest absolute Gasteiger partial charge is 0.0845 e. The average Bonchev–Trinajstić information content (AvgIpc) is 2.65. The molecule has 1 aromatic rings. The third-order valence-electron chi connectivity index (χ3n) is 6.43. The first kappa shape index (κ1) is 21.1. The summed E-state index contributed by atoms with van der Waals surface area (Å²) < 4.78 is 0. The van der Waals surface area contributed by atoms with E-state index in [4.69, 9.17) is 18.0 Å². The summed E-state index contributed by atoms with van der Waals surface area (Å²) in [6.45, 7) is 13.2. The van der Waals surface area contributed by atoms with E-state index in [2.05, 4.69) is 75.9 Å². The van der Waals surface area contributed by atoms with Crippen LogP contribution in [0.5, 0.6) is 0 Å². The summed E-state index contributed by atoms with van der Waals surface area (Å²) in [7, 11) is 0. The molecular formula is C23H36N2S. The van der Waals surface area contributed by atoms with Crippen molar-refractivity contribution in [1.82, 2.24) is 4.90 Å². The molecule has 1 aliphatic heterocycles. The Hall–Kier alpha value is -1.19. The zero-order valence-electron chi connectivity index (χ0n) is 17.2. The second-order valence-corrected chi connectivity index (χ2v) is 8.84. The van der Waals surface area contributed by atoms with Crippen LogP contribution in [0.4, 0.5) is 0 Å². The topological polar surface area (TPSA) is 29.3 Å². The first-order chi connectivity index (χ1) is 12.3. The van der Waals surface area contributed by atoms with E-state index in [1.807, 2.05) is 0 Å². The molecule has 0 saturated carbocycles. The third kappa shape index (κ3) is 4.37. The van der Waals surface area contributed by atoms with Gasteiger partial charge < -0.3 is 10.6 Å². The molecule has 1 saturated heterocycles. The Labute approximate surface area is 165 Å². The number of thiocarbonyl (C=S) groups is 1. The Balaban J connectivity index is 2.27. The van der Waals surface area contributed by atoms with E-state index in [-0.39, 0.29) is 16.9 Å². The van der Waals surface area contributed by atoms with Crippen LogP contribution < -0.4 is 5.73 Å². The van der Waals surface area contributed by atoms with E-state index in [1.165, 1.54) is 11.1 Å². The highest BCUT2D eigenvalue weighted by molar-refractivity contribution is 7.80. The quantitative estimate of drug-likeness (QED) is 0.652. The van der Waals surface area contributed by atoms with E-state index in [9.17, 15) is 0 Å². The lowest BCUT2D eigenvalue weighted by Gasteiger charge is -2.48. The predicted molar refractivity (Wildman–Crippen MR) is 118 cm³/mol. The number of hydrogen-bond donors (Lipinski definition) is 1. The molecule has 1 fully saturated rings. The van der Waals surface area contributed by atoms with Gasteiger partial charge in [-0.25, -0.2) is 0 Å². The second-order valence-electron chi connectivity index (χ2n) is 8.45. The van der Waals surface area contributed by atoms with Gasteiger partial charge in [-0.2, -0.15) is 0 Å². The zero-order valence-corrected chi connectivity index (χ0v) is 18.0. The van der Waals surface area contributed by atoms with Gasteiger partial charge >= 0.3 is 0 Å². The number of rotatable bonds is 6. The van der Waals surface area contributed by atoms with Crippen molar-refractivity contribution in [3.05, 3.63) is 42.0 Å². The normalized spacial score (nSPS) is 20.9. The lowest BCUT2D eigenvalue weighted by molar-refractivity contribution is 0.138. The average molecular weight is 373 g/mol. The van der Waals surface area contributed by atoms with Crippen molar-refractivity contribution in [1.29, 1.82) is 0 Å². The molecule has 2 N–H and O–H groups in total. The van der Waals surface area contributed by atoms with Gasteiger partial charge in [0, 0.05) is 24.5 Å². The minimum absolute atomic E-state index is 0.0323. The number of benzene rings is 1. The van der Waals surface area contributed by atoms with Crippen LogP contribution in [0.1, 0.15) is 65.9 Å². The molecule has 1 aromatic carbocycles. The first-order valence-corrected chi connectivity index (χ1v) is 10.5. The molecule has 1 aliphatic rings. The number of nitrogens with zero attached hydrogens (tertiary/aromatic N) is 1. The van der Waals surface area contributed by atoms with Crippen molar-refractivity contribution in [2.75, 3.05) is 13.1 Å². The molecule has 144 valence electrons. The number of nitrogens with two attached hydrogens (primary N) is 1. The van der Waals surface area contributed by atoms with Crippen molar-refractivity contribution < 1.29 is 0 Å². The van der Waals surface area contributed by atoms with Gasteiger partial charge in [0.05, 0.1) is 4.99 Å². The fraction of sp³-hybridized carbons (Fsp3) is 0.609. The first-order valence-electron chi connectivity index (χ1n) is 10.0. The summed E-state index contributed by atoms with van der Waals surface area (Å²) in [6.07, 6.45) is 6.41. The van der Waals surface area contributed by atoms with Crippen LogP contribution in [0.25, 0.3) is 5.57 Å². The van der Waals surface area contributed by atoms with Crippen LogP contribution in [0.15, 0.2) is 36.4 Å². The SMILES string of the molecule is C/C=C(/CC(CC)(CC)C(=S)N1CC[C@H](N)C(C)(C)C1)c1ccccc1. The fourth-order valence-corrected chi connectivity index (χ4v) is 4.66. The largest absolute Gasteiger partial charge is 0.365 e. The molecule has 0 spiro atoms. The molecule has 0 radical (unpaired) electrons. The van der Waals surface area contributed by atoms with Crippen molar-refractivity contribution >= 4 is 22.8 Å². The maximum Gasteiger partial charge on any atom is 0.0845 e. The molecule has 0 bridgehead atoms. The molecule has 0 unspecified atom stereocenters. The molecule has 3 heteroatoms. The highest BCUT2D eigenvalue weighted by Crippen LogP contribution is 2.41. The highest BCUT2D eigenvalue weighted by atomic mass is 32.1. The van der Waals surface area contributed by atoms with Crippen LogP contribution in [0, 0.1) is 10.8 Å². The number of hydrogen-bond acceptors (Lipinski definition) is 2. The van der Waals surface area contributed by atoms with Crippen LogP contribution in [0.3, 0.4) is 0 Å². The Kier molecular flexibility index (Phi) is 7.04. The monoisotopic (exact) mass is 372 g/mol. The molecular weight excluding hydrogens is 336 g/mol. The van der Waals surface area contributed by atoms with Gasteiger partial charge in [-0.05, 0) is 49.2 Å². The molecule has 0 amide bonds. The van der Waals surface area contributed by atoms with Crippen LogP contribution >= 0.6 is 12.2 Å². The summed E-state index contributed by atoms with van der Waals surface area (Å²) in [6, 6.07) is 11.0. The summed E-state index contributed by atoms with van der Waals surface area (Å²) in [5, 5.41) is 0. The van der Waals surface area contributed by atoms with E-state index >= 15 is 0 Å². The molecule has 2 rings (SSSR count). The van der Waals surface area contributed by atoms with Gasteiger partial charge in [0.1, 0.15) is 0 Å². The maximum atomic E-state index is 6.35. The fourth-order valence-electron chi connectivity index (χ4n) is 4.15. The van der Waals surface area contributed by atoms with Gasteiger partial charge in [0.25, 0.3) is 0 Å². The number of allylic oxidation sites excluding steroid dienone is 2. The van der Waals surface area contributed by atoms with Gasteiger partial charge in [0.2, 0.25) is 0 Å². The third-order valence-corrected chi connectivity index (χ3v) is 7.12. The van der Waals surface area contributed by atoms with Crippen LogP contribution in [-0.4, -0.2) is 29.0 Å². The second kappa shape index (κ2) is 8.67. The summed E-state index contributed by atoms with van der Waals surface area (Å²) >= 11 is 6.12. The Bertz CT molecular complexity index is 629. The maximum absolute atomic E-state index is 6.35. The van der Waals surface area contributed by atoms with E-state index in [1.54, 1.807) is 0 Å². The predicted octanol–water partition coefficient (Wildman–Crippen LogP) is 5.67. The Morgan fingerprint density at radius 3 is 2.38 bits per heavy atom. The lowest BCUT2D eigenvalue weighted by Crippen LogP contribution is -2.56. The van der Waals surface area contributed by atoms with E-state index < -0.39 is 0 Å². The molecule has 0 aliphatic carbocycles. The Morgan fingerprint density at radius 1 is 1.27 bits per heavy atom. The van der Waals surface area contributed by atoms with Crippen molar-refractivity contribution in [2.45, 2.75) is 66.3 Å². The van der Waals surface area contributed by atoms with Crippen molar-refractivity contribution in [2.24, 2.45) is 16.6 Å². The molecule has 1 atom stereocenters. The van der Waals surface area contributed by atoms with E-state index in [0.717, 1.165) is 43.8 Å². The molecule has 1 heterocycles. The minimum atomic E-state index is 0.0323. The van der Waals surface area contributed by atoms with Gasteiger partial charge in [-0.3, -0.25) is 0 Å². The number of piperidine rings is 1. The standard InChI is InChI=1S/C23H36N2S/c1-6-18(19-12-10-9-11-13-19)16-23(7-2,8-3)21(26)25-15-14-20(24)22(4,5)17-25/h6,9-13,20H,7-8,14-17,24H2,1-5H3/b18-6-/t20-/m0/s1. The zero-order chi connectivity index (χ0) is 19.4. The molecule has 2 nitrogen and oxygen atoms in total. The minimum Gasteiger partial charge on any atom is -0.365 e. The van der Waals surface area contributed by atoms with Crippen LogP contribution in [-0.2, 0) is 0 Å². The van der Waals surface area contributed by atoms with Gasteiger partial charge in [0.15, 0.2) is 0 Å². The van der Waals surface area contributed by atoms with E-state index in [0.29, 0.717) is 0 Å². The molecule has 26 heavy (non-hydrogen) atoms. The summed E-state index contributed by atoms with van der Waals surface area (Å²) in [5.74, 6) is 0. The highest BCUT2D eigenvalue weighted by Gasteiger charge is 2.40. The van der Waals surface area contributed by atoms with Crippen LogP contribution in [0.2, 0.25) is 0 Å². The molecule has 0 aromatic heterocycles. The lowest BCUT2D eigenvalue weighted by atomic mass is 9.73. The van der Waals surface area contributed by atoms with Gasteiger partial charge in [-0.1, -0.05) is 76.3 Å². The number of likely N-dealkylation sites (tertiary alicyclic amines) is 1. The van der Waals surface area contributed by atoms with Gasteiger partial charge in [-0.15, -0.1) is 0 Å². The van der Waals surface area contributed by atoms with Crippen molar-refractivity contribution in [3.63, 3.8) is 0 Å². The van der Waals surface area contributed by atoms with Crippen molar-refractivity contribution in [3.8, 4) is 0 Å². The Morgan fingerprint density at radius 2 is 1.88 bits per heavy atom. The summed E-state index contributed by atoms with van der Waals surface area (Å²) in [5.41, 5.74) is 9.19. The summed E-state index contributed by atoms with van der Waals surface area (Å²) in [4.78, 5) is 3.59.